The minimum Gasteiger partial charge on any atom is -0.497 e. The van der Waals surface area contributed by atoms with Crippen molar-refractivity contribution < 1.29 is 57.2 Å². The maximum Gasteiger partial charge on any atom is 0.404 e. The van der Waals surface area contributed by atoms with Crippen molar-refractivity contribution in [3.05, 3.63) is 42.0 Å². The Morgan fingerprint density at radius 3 is 2.06 bits per heavy atom. The van der Waals surface area contributed by atoms with Crippen LogP contribution >= 0.6 is 0 Å². The Labute approximate surface area is 293 Å². The highest BCUT2D eigenvalue weighted by molar-refractivity contribution is 5.87. The summed E-state index contributed by atoms with van der Waals surface area (Å²) in [6, 6.07) is 12.1. The predicted molar refractivity (Wildman–Crippen MR) is 183 cm³/mol. The molecule has 0 saturated heterocycles. The first-order valence-corrected chi connectivity index (χ1v) is 16.9. The second kappa shape index (κ2) is 22.1. The number of nitrogens with two attached hydrogens (primary N) is 1. The molecule has 13 heteroatoms. The van der Waals surface area contributed by atoms with E-state index in [1.165, 1.54) is 19.4 Å². The molecule has 2 aromatic carbocycles. The summed E-state index contributed by atoms with van der Waals surface area (Å²) in [6.45, 7) is 5.32. The van der Waals surface area contributed by atoms with E-state index in [0.29, 0.717) is 25.7 Å². The van der Waals surface area contributed by atoms with Crippen LogP contribution in [0.5, 0.6) is 5.75 Å². The Balaban J connectivity index is 1.65. The smallest absolute Gasteiger partial charge is 0.404 e. The zero-order valence-corrected chi connectivity index (χ0v) is 29.7. The lowest BCUT2D eigenvalue weighted by Crippen LogP contribution is -2.32. The first-order chi connectivity index (χ1) is 23.8. The third-order valence-corrected chi connectivity index (χ3v) is 8.25. The molecule has 1 amide bonds. The van der Waals surface area contributed by atoms with Crippen LogP contribution in [-0.2, 0) is 54.1 Å². The first-order valence-electron chi connectivity index (χ1n) is 16.9. The van der Waals surface area contributed by atoms with E-state index in [9.17, 15) is 28.8 Å². The monoisotopic (exact) mass is 701 g/mol. The zero-order valence-electron chi connectivity index (χ0n) is 29.7. The number of primary amides is 1. The lowest BCUT2D eigenvalue weighted by Gasteiger charge is -2.19. The van der Waals surface area contributed by atoms with Gasteiger partial charge in [0, 0.05) is 32.1 Å². The molecule has 4 atom stereocenters. The summed E-state index contributed by atoms with van der Waals surface area (Å²) in [4.78, 5) is 71.2. The van der Waals surface area contributed by atoms with Gasteiger partial charge >= 0.3 is 30.0 Å². The number of fused-ring (bicyclic) bond motifs is 1. The first kappa shape index (κ1) is 41.5. The topological polar surface area (TPSA) is 184 Å². The fourth-order valence-electron chi connectivity index (χ4n) is 5.41. The molecule has 0 bridgehead atoms. The Bertz CT molecular complexity index is 1420. The number of ether oxygens (including phenoxy) is 6. The molecule has 0 aliphatic rings. The number of carbonyl (C=O) groups is 6. The second-order valence-corrected chi connectivity index (χ2v) is 12.6. The van der Waals surface area contributed by atoms with E-state index in [2.05, 4.69) is 10.8 Å². The highest BCUT2D eigenvalue weighted by atomic mass is 16.7. The van der Waals surface area contributed by atoms with Crippen LogP contribution in [0, 0.1) is 17.8 Å². The van der Waals surface area contributed by atoms with E-state index in [0.717, 1.165) is 29.4 Å². The molecule has 0 radical (unpaired) electrons. The maximum absolute atomic E-state index is 12.4. The van der Waals surface area contributed by atoms with Gasteiger partial charge in [-0.2, -0.15) is 0 Å². The molecule has 0 aliphatic carbocycles. The minimum absolute atomic E-state index is 0.0160. The predicted octanol–water partition coefficient (Wildman–Crippen LogP) is 5.60. The average Bonchev–Trinajstić information content (AvgIpc) is 3.05. The van der Waals surface area contributed by atoms with Crippen molar-refractivity contribution >= 4 is 46.5 Å². The summed E-state index contributed by atoms with van der Waals surface area (Å²) >= 11 is 0. The lowest BCUT2D eigenvalue weighted by atomic mass is 9.91. The summed E-state index contributed by atoms with van der Waals surface area (Å²) < 4.78 is 30.3. The molecule has 0 aliphatic heterocycles. The van der Waals surface area contributed by atoms with Crippen molar-refractivity contribution in [2.24, 2.45) is 23.5 Å². The summed E-state index contributed by atoms with van der Waals surface area (Å²) in [5.74, 6) is -1.84. The van der Waals surface area contributed by atoms with Gasteiger partial charge in [-0.05, 0) is 85.8 Å². The van der Waals surface area contributed by atoms with Gasteiger partial charge < -0.3 is 34.2 Å². The number of amides is 1. The van der Waals surface area contributed by atoms with Gasteiger partial charge in [0.1, 0.15) is 24.7 Å². The molecule has 0 aromatic heterocycles. The lowest BCUT2D eigenvalue weighted by molar-refractivity contribution is -0.168. The number of ketones is 1. The van der Waals surface area contributed by atoms with Crippen LogP contribution in [0.4, 0.5) is 4.79 Å². The Morgan fingerprint density at radius 1 is 0.760 bits per heavy atom. The van der Waals surface area contributed by atoms with E-state index < -0.39 is 42.9 Å². The van der Waals surface area contributed by atoms with Gasteiger partial charge in [-0.15, -0.1) is 0 Å². The number of carbonyl (C=O) groups excluding carboxylic acids is 6. The molecule has 0 saturated carbocycles. The molecule has 0 spiro atoms. The van der Waals surface area contributed by atoms with Gasteiger partial charge in [0.25, 0.3) is 0 Å². The standard InChI is InChI=1S/C37H51NO12/c1-24(12-13-25(2)19-36(43)50-32(21-46-27(4)40)22-47-37(38)44)18-35(42)49-23-48-34(41)17-15-28(26(3)39)8-6-9-29-10-7-11-30-14-16-31(45-5)20-33(29)30/h7,10-11,14,16,20,24-25,28,32H,6,8-9,12-13,15,17-19,21-23H2,1-5H3,(H2,38,44). The number of hydrogen-bond donors (Lipinski definition) is 1. The van der Waals surface area contributed by atoms with Crippen LogP contribution in [0.3, 0.4) is 0 Å². The Morgan fingerprint density at radius 2 is 1.42 bits per heavy atom. The molecule has 13 nitrogen and oxygen atoms in total. The maximum atomic E-state index is 12.4. The van der Waals surface area contributed by atoms with Gasteiger partial charge in [0.15, 0.2) is 6.10 Å². The fourth-order valence-corrected chi connectivity index (χ4v) is 5.41. The summed E-state index contributed by atoms with van der Waals surface area (Å²) in [6.07, 6.45) is 1.94. The molecule has 50 heavy (non-hydrogen) atoms. The van der Waals surface area contributed by atoms with Gasteiger partial charge in [-0.25, -0.2) is 4.79 Å². The molecule has 276 valence electrons. The zero-order chi connectivity index (χ0) is 37.1. The van der Waals surface area contributed by atoms with Gasteiger partial charge in [-0.1, -0.05) is 38.1 Å². The van der Waals surface area contributed by atoms with E-state index in [-0.39, 0.29) is 56.0 Å². The Hall–Kier alpha value is -4.68. The van der Waals surface area contributed by atoms with E-state index in [4.69, 9.17) is 29.4 Å². The molecule has 0 fully saturated rings. The molecule has 2 N–H and O–H groups in total. The van der Waals surface area contributed by atoms with Gasteiger partial charge in [-0.3, -0.25) is 24.0 Å². The van der Waals surface area contributed by atoms with E-state index in [1.807, 2.05) is 44.2 Å². The van der Waals surface area contributed by atoms with Crippen molar-refractivity contribution in [1.29, 1.82) is 0 Å². The highest BCUT2D eigenvalue weighted by Crippen LogP contribution is 2.26. The van der Waals surface area contributed by atoms with Crippen molar-refractivity contribution in [2.75, 3.05) is 27.1 Å². The third kappa shape index (κ3) is 16.6. The number of Topliss-reactive ketones (excluding diaryl/α,β-unsaturated/α-hetero) is 1. The van der Waals surface area contributed by atoms with Crippen LogP contribution in [0.1, 0.15) is 84.6 Å². The minimum atomic E-state index is -1.05. The van der Waals surface area contributed by atoms with Crippen LogP contribution in [-0.4, -0.2) is 69.0 Å². The van der Waals surface area contributed by atoms with E-state index >= 15 is 0 Å². The molecule has 4 unspecified atom stereocenters. The number of methoxy groups -OCH3 is 1. The van der Waals surface area contributed by atoms with Crippen molar-refractivity contribution in [1.82, 2.24) is 0 Å². The number of aryl methyl sites for hydroxylation is 1. The van der Waals surface area contributed by atoms with Gasteiger partial charge in [0.05, 0.1) is 7.11 Å². The number of rotatable bonds is 23. The normalized spacial score (nSPS) is 13.3. The molecule has 0 heterocycles. The SMILES string of the molecule is COc1ccc2cccc(CCCC(CCC(=O)OCOC(=O)CC(C)CCC(C)CC(=O)OC(COC(C)=O)COC(N)=O)C(C)=O)c2c1. The van der Waals surface area contributed by atoms with Crippen molar-refractivity contribution in [2.45, 2.75) is 91.6 Å². The quantitative estimate of drug-likeness (QED) is 0.0860. The largest absolute Gasteiger partial charge is 0.497 e. The van der Waals surface area contributed by atoms with Crippen LogP contribution in [0.25, 0.3) is 10.8 Å². The molecule has 2 rings (SSSR count). The molecular formula is C37H51NO12. The third-order valence-electron chi connectivity index (χ3n) is 8.25. The van der Waals surface area contributed by atoms with Gasteiger partial charge in [0.2, 0.25) is 6.79 Å². The van der Waals surface area contributed by atoms with Crippen molar-refractivity contribution in [3.63, 3.8) is 0 Å². The fraction of sp³-hybridized carbons (Fsp3) is 0.568. The summed E-state index contributed by atoms with van der Waals surface area (Å²) in [7, 11) is 1.64. The van der Waals surface area contributed by atoms with Crippen LogP contribution in [0.2, 0.25) is 0 Å². The highest BCUT2D eigenvalue weighted by Gasteiger charge is 2.21. The average molecular weight is 702 g/mol. The Kier molecular flexibility index (Phi) is 18.4. The number of hydrogen-bond acceptors (Lipinski definition) is 12. The van der Waals surface area contributed by atoms with Crippen LogP contribution in [0.15, 0.2) is 36.4 Å². The van der Waals surface area contributed by atoms with E-state index in [1.54, 1.807) is 7.11 Å². The number of esters is 4. The molecular weight excluding hydrogens is 650 g/mol. The molecule has 2 aromatic rings. The van der Waals surface area contributed by atoms with Crippen molar-refractivity contribution in [3.8, 4) is 5.75 Å². The number of benzene rings is 2. The summed E-state index contributed by atoms with van der Waals surface area (Å²) in [5.41, 5.74) is 6.12. The van der Waals surface area contributed by atoms with Crippen LogP contribution < -0.4 is 10.5 Å². The summed E-state index contributed by atoms with van der Waals surface area (Å²) in [5, 5.41) is 2.24. The second-order valence-electron chi connectivity index (χ2n) is 12.6.